The summed E-state index contributed by atoms with van der Waals surface area (Å²) >= 11 is 1.46. The predicted octanol–water partition coefficient (Wildman–Crippen LogP) is 3.70. The Morgan fingerprint density at radius 3 is 1.67 bits per heavy atom. The number of aryl methyl sites for hydroxylation is 4. The highest BCUT2D eigenvalue weighted by Crippen LogP contribution is 2.19. The molecule has 13 nitrogen and oxygen atoms in total. The van der Waals surface area contributed by atoms with Crippen molar-refractivity contribution in [2.45, 2.75) is 91.1 Å². The molecule has 14 heteroatoms. The van der Waals surface area contributed by atoms with E-state index in [-0.39, 0.29) is 87.6 Å². The van der Waals surface area contributed by atoms with Gasteiger partial charge < -0.3 is 0 Å². The first-order valence-corrected chi connectivity index (χ1v) is 17.6. The van der Waals surface area contributed by atoms with Crippen molar-refractivity contribution in [3.63, 3.8) is 0 Å². The van der Waals surface area contributed by atoms with Gasteiger partial charge >= 0.3 is 11.4 Å². The van der Waals surface area contributed by atoms with Crippen molar-refractivity contribution in [3.05, 3.63) is 117 Å². The molecule has 0 bridgehead atoms. The number of benzene rings is 1. The van der Waals surface area contributed by atoms with E-state index in [2.05, 4.69) is 15.0 Å². The monoisotopic (exact) mass is 715 g/mol. The van der Waals surface area contributed by atoms with E-state index in [0.717, 1.165) is 15.3 Å². The summed E-state index contributed by atoms with van der Waals surface area (Å²) in [6.07, 6.45) is 7.29. The number of aliphatic imine (C=N–C) groups is 1. The van der Waals surface area contributed by atoms with Crippen molar-refractivity contribution in [2.75, 3.05) is 0 Å². The van der Waals surface area contributed by atoms with Crippen molar-refractivity contribution in [1.82, 2.24) is 19.1 Å². The molecule has 51 heavy (non-hydrogen) atoms. The fourth-order valence-corrected chi connectivity index (χ4v) is 6.18. The lowest BCUT2D eigenvalue weighted by molar-refractivity contribution is -0.121. The second kappa shape index (κ2) is 18.6. The number of H-pyrrole nitrogens is 2. The van der Waals surface area contributed by atoms with E-state index in [1.165, 1.54) is 32.9 Å². The molecule has 0 saturated carbocycles. The van der Waals surface area contributed by atoms with E-state index in [9.17, 15) is 38.4 Å². The molecule has 4 aromatic rings. The first-order chi connectivity index (χ1) is 24.4. The highest BCUT2D eigenvalue weighted by Gasteiger charge is 2.11. The van der Waals surface area contributed by atoms with Gasteiger partial charge in [-0.25, -0.2) is 9.59 Å². The number of aromatic nitrogens is 4. The van der Waals surface area contributed by atoms with Gasteiger partial charge in [0, 0.05) is 104 Å². The van der Waals surface area contributed by atoms with Crippen LogP contribution in [0.1, 0.15) is 77.8 Å². The fourth-order valence-electron chi connectivity index (χ4n) is 5.27. The van der Waals surface area contributed by atoms with Gasteiger partial charge in [-0.05, 0) is 56.5 Å². The fraction of sp³-hybridized carbons (Fsp3) is 0.378. The molecule has 268 valence electrons. The normalized spacial score (nSPS) is 11.3. The zero-order chi connectivity index (χ0) is 36.9. The molecule has 0 unspecified atom stereocenters. The molecule has 0 aliphatic heterocycles. The maximum Gasteiger partial charge on any atom is 0.328 e. The molecule has 3 aromatic heterocycles. The maximum atomic E-state index is 12.5. The lowest BCUT2D eigenvalue weighted by Gasteiger charge is -2.06. The number of thiophene rings is 1. The van der Waals surface area contributed by atoms with Gasteiger partial charge in [-0.3, -0.25) is 52.9 Å². The van der Waals surface area contributed by atoms with Gasteiger partial charge in [-0.15, -0.1) is 11.3 Å². The third-order valence-corrected chi connectivity index (χ3v) is 9.22. The van der Waals surface area contributed by atoms with Crippen LogP contribution in [0.2, 0.25) is 0 Å². The largest absolute Gasteiger partial charge is 0.328 e. The number of rotatable bonds is 20. The smallest absolute Gasteiger partial charge is 0.300 e. The Balaban J connectivity index is 1.11. The van der Waals surface area contributed by atoms with E-state index in [1.807, 2.05) is 36.4 Å². The van der Waals surface area contributed by atoms with Gasteiger partial charge in [-0.2, -0.15) is 0 Å². The predicted molar refractivity (Wildman–Crippen MR) is 195 cm³/mol. The van der Waals surface area contributed by atoms with Crippen LogP contribution in [0, 0.1) is 13.8 Å². The lowest BCUT2D eigenvalue weighted by atomic mass is 10.0. The van der Waals surface area contributed by atoms with Crippen molar-refractivity contribution >= 4 is 46.4 Å². The van der Waals surface area contributed by atoms with Gasteiger partial charge in [0.1, 0.15) is 23.1 Å². The number of Topliss-reactive ketones (excluding diaryl/α,β-unsaturated/α-hetero) is 4. The number of carbonyl (C=O) groups excluding carboxylic acids is 4. The minimum Gasteiger partial charge on any atom is -0.300 e. The number of aromatic amines is 2. The molecule has 0 radical (unpaired) electrons. The van der Waals surface area contributed by atoms with E-state index in [0.29, 0.717) is 29.7 Å². The molecule has 0 atom stereocenters. The van der Waals surface area contributed by atoms with Crippen LogP contribution in [0.15, 0.2) is 73.0 Å². The van der Waals surface area contributed by atoms with Crippen LogP contribution in [0.3, 0.4) is 0 Å². The topological polar surface area (TPSA) is 190 Å². The second-order valence-electron chi connectivity index (χ2n) is 12.5. The molecule has 2 N–H and O–H groups in total. The van der Waals surface area contributed by atoms with E-state index < -0.39 is 22.5 Å². The van der Waals surface area contributed by atoms with Crippen LogP contribution in [0.4, 0.5) is 5.69 Å². The first-order valence-electron chi connectivity index (χ1n) is 16.8. The Bertz CT molecular complexity index is 2150. The van der Waals surface area contributed by atoms with Crippen LogP contribution in [-0.2, 0) is 45.1 Å². The summed E-state index contributed by atoms with van der Waals surface area (Å²) in [5.74, 6) is -0.0463. The van der Waals surface area contributed by atoms with Crippen LogP contribution in [0.25, 0.3) is 0 Å². The average Bonchev–Trinajstić information content (AvgIpc) is 3.53. The summed E-state index contributed by atoms with van der Waals surface area (Å²) in [5, 5.41) is 0. The Kier molecular flexibility index (Phi) is 14.0. The molecular formula is C37H41N5O8S. The van der Waals surface area contributed by atoms with Crippen molar-refractivity contribution in [2.24, 2.45) is 4.99 Å². The van der Waals surface area contributed by atoms with Gasteiger partial charge in [-0.1, -0.05) is 12.1 Å². The SMILES string of the molecule is Cc1cn(CCC(=O)CCCC(=O)Cc2ccc(N=Cc3ccc(CC(=O)CCCC(=O)CCn4cc(C)c(=O)[nH]c4=O)s3)cc2)c(=O)[nH]c1=O. The number of nitrogens with one attached hydrogen (secondary N) is 2. The van der Waals surface area contributed by atoms with E-state index >= 15 is 0 Å². The summed E-state index contributed by atoms with van der Waals surface area (Å²) < 4.78 is 2.61. The Morgan fingerprint density at radius 1 is 0.647 bits per heavy atom. The van der Waals surface area contributed by atoms with Gasteiger partial charge in [0.25, 0.3) is 11.1 Å². The van der Waals surface area contributed by atoms with Crippen molar-refractivity contribution < 1.29 is 19.2 Å². The molecule has 0 amide bonds. The molecule has 0 fully saturated rings. The van der Waals surface area contributed by atoms with Crippen molar-refractivity contribution in [1.29, 1.82) is 0 Å². The molecular weight excluding hydrogens is 675 g/mol. The Labute approximate surface area is 297 Å². The molecule has 3 heterocycles. The van der Waals surface area contributed by atoms with E-state index in [1.54, 1.807) is 20.1 Å². The summed E-state index contributed by atoms with van der Waals surface area (Å²) in [6.45, 7) is 3.52. The van der Waals surface area contributed by atoms with Crippen LogP contribution >= 0.6 is 11.3 Å². The zero-order valence-corrected chi connectivity index (χ0v) is 29.5. The molecule has 4 rings (SSSR count). The lowest BCUT2D eigenvalue weighted by Crippen LogP contribution is -2.31. The molecule has 0 aliphatic carbocycles. The van der Waals surface area contributed by atoms with Crippen LogP contribution in [0.5, 0.6) is 0 Å². The van der Waals surface area contributed by atoms with Crippen LogP contribution < -0.4 is 22.5 Å². The molecule has 0 aliphatic rings. The first kappa shape index (κ1) is 38.4. The van der Waals surface area contributed by atoms with Gasteiger partial charge in [0.05, 0.1) is 5.69 Å². The standard InChI is InChI=1S/C37H41N5O8S/c1-24-22-41(36(49)39-34(24)47)17-15-28(43)5-3-7-30(45)19-26-9-11-27(12-10-26)38-21-33-14-13-32(51-33)20-31(46)8-4-6-29(44)16-18-42-23-25(2)35(48)40-37(42)50/h9-14,21-23H,3-8,15-20H2,1-2H3,(H,39,47,49)(H,40,48,50). The minimum absolute atomic E-state index is 0.0227. The third-order valence-electron chi connectivity index (χ3n) is 8.20. The number of ketones is 4. The zero-order valence-electron chi connectivity index (χ0n) is 28.7. The van der Waals surface area contributed by atoms with Gasteiger partial charge in [0.2, 0.25) is 0 Å². The van der Waals surface area contributed by atoms with E-state index in [4.69, 9.17) is 0 Å². The highest BCUT2D eigenvalue weighted by atomic mass is 32.1. The number of hydrogen-bond acceptors (Lipinski definition) is 10. The second-order valence-corrected chi connectivity index (χ2v) is 13.7. The Morgan fingerprint density at radius 2 is 1.14 bits per heavy atom. The molecule has 0 spiro atoms. The number of nitrogens with zero attached hydrogens (tertiary/aromatic N) is 3. The third kappa shape index (κ3) is 12.5. The minimum atomic E-state index is -0.551. The number of carbonyl (C=O) groups is 4. The van der Waals surface area contributed by atoms with Crippen LogP contribution in [-0.4, -0.2) is 48.4 Å². The maximum absolute atomic E-state index is 12.5. The Hall–Kier alpha value is -5.37. The number of hydrogen-bond donors (Lipinski definition) is 2. The molecule has 0 saturated heterocycles. The quantitative estimate of drug-likeness (QED) is 0.130. The summed E-state index contributed by atoms with van der Waals surface area (Å²) in [5.41, 5.74) is 0.355. The highest BCUT2D eigenvalue weighted by molar-refractivity contribution is 7.13. The summed E-state index contributed by atoms with van der Waals surface area (Å²) in [4.78, 5) is 107. The molecule has 1 aromatic carbocycles. The summed E-state index contributed by atoms with van der Waals surface area (Å²) in [6, 6.07) is 11.1. The van der Waals surface area contributed by atoms with Crippen molar-refractivity contribution in [3.8, 4) is 0 Å². The summed E-state index contributed by atoms with van der Waals surface area (Å²) in [7, 11) is 0. The van der Waals surface area contributed by atoms with Gasteiger partial charge in [0.15, 0.2) is 0 Å². The average molecular weight is 716 g/mol.